The number of carbonyl (C=O) groups is 1. The van der Waals surface area contributed by atoms with Crippen molar-refractivity contribution in [3.05, 3.63) is 63.3 Å². The number of methoxy groups -OCH3 is 1. The van der Waals surface area contributed by atoms with E-state index in [0.29, 0.717) is 15.6 Å². The van der Waals surface area contributed by atoms with Crippen LogP contribution in [0.5, 0.6) is 11.5 Å². The second-order valence-corrected chi connectivity index (χ2v) is 6.61. The summed E-state index contributed by atoms with van der Waals surface area (Å²) < 4.78 is 5.52. The number of benzene rings is 2. The molecule has 3 rings (SSSR count). The average Bonchev–Trinajstić information content (AvgIpc) is 3.07. The van der Waals surface area contributed by atoms with Gasteiger partial charge in [-0.05, 0) is 58.3 Å². The highest BCUT2D eigenvalue weighted by molar-refractivity contribution is 9.10. The van der Waals surface area contributed by atoms with Gasteiger partial charge in [-0.2, -0.15) is 5.26 Å². The van der Waals surface area contributed by atoms with Crippen molar-refractivity contribution in [2.24, 2.45) is 0 Å². The lowest BCUT2D eigenvalue weighted by Crippen LogP contribution is -2.01. The molecule has 0 saturated heterocycles. The number of Topliss-reactive ketones (excluding diaryl/α,β-unsaturated/α-hetero) is 1. The van der Waals surface area contributed by atoms with E-state index in [2.05, 4.69) is 20.9 Å². The highest BCUT2D eigenvalue weighted by atomic mass is 79.9. The Morgan fingerprint density at radius 2 is 2.15 bits per heavy atom. The zero-order valence-electron chi connectivity index (χ0n) is 14.1. The van der Waals surface area contributed by atoms with Gasteiger partial charge < -0.3 is 14.8 Å². The van der Waals surface area contributed by atoms with Gasteiger partial charge in [0.2, 0.25) is 5.78 Å². The van der Waals surface area contributed by atoms with Crippen LogP contribution in [0, 0.1) is 18.3 Å². The van der Waals surface area contributed by atoms with Crippen molar-refractivity contribution < 1.29 is 14.6 Å². The first-order valence-electron chi connectivity index (χ1n) is 7.76. The fourth-order valence-electron chi connectivity index (χ4n) is 2.84. The molecule has 130 valence electrons. The molecule has 0 saturated carbocycles. The van der Waals surface area contributed by atoms with Gasteiger partial charge in [0.1, 0.15) is 11.6 Å². The summed E-state index contributed by atoms with van der Waals surface area (Å²) in [4.78, 5) is 16.0. The number of ether oxygens (including phenoxy) is 1. The molecule has 0 unspecified atom stereocenters. The Kier molecular flexibility index (Phi) is 4.83. The topological polar surface area (TPSA) is 86.1 Å². The van der Waals surface area contributed by atoms with Gasteiger partial charge in [-0.3, -0.25) is 4.79 Å². The highest BCUT2D eigenvalue weighted by Crippen LogP contribution is 2.36. The first-order chi connectivity index (χ1) is 12.5. The van der Waals surface area contributed by atoms with Gasteiger partial charge >= 0.3 is 0 Å². The van der Waals surface area contributed by atoms with Crippen LogP contribution in [0.4, 0.5) is 0 Å². The maximum atomic E-state index is 12.9. The van der Waals surface area contributed by atoms with Crippen LogP contribution < -0.4 is 4.74 Å². The smallest absolute Gasteiger partial charge is 0.205 e. The fraction of sp³-hybridized carbons (Fsp3) is 0.100. The molecule has 0 fully saturated rings. The van der Waals surface area contributed by atoms with Crippen molar-refractivity contribution in [2.45, 2.75) is 6.92 Å². The van der Waals surface area contributed by atoms with E-state index in [9.17, 15) is 15.2 Å². The van der Waals surface area contributed by atoms with Crippen molar-refractivity contribution in [3.63, 3.8) is 0 Å². The third kappa shape index (κ3) is 3.09. The number of aryl methyl sites for hydroxylation is 1. The van der Waals surface area contributed by atoms with Crippen molar-refractivity contribution in [2.75, 3.05) is 7.11 Å². The number of phenols is 1. The number of rotatable bonds is 4. The van der Waals surface area contributed by atoms with Crippen LogP contribution in [0.25, 0.3) is 17.0 Å². The Hall–Kier alpha value is -3.04. The minimum absolute atomic E-state index is 0.00574. The molecule has 0 radical (unpaired) electrons. The van der Waals surface area contributed by atoms with E-state index in [0.717, 1.165) is 16.5 Å². The summed E-state index contributed by atoms with van der Waals surface area (Å²) in [5, 5.41) is 20.2. The van der Waals surface area contributed by atoms with Gasteiger partial charge in [0.15, 0.2) is 11.5 Å². The number of aromatic hydroxyl groups is 1. The molecule has 26 heavy (non-hydrogen) atoms. The van der Waals surface area contributed by atoms with Gasteiger partial charge in [0.05, 0.1) is 11.6 Å². The number of hydrogen-bond acceptors (Lipinski definition) is 4. The van der Waals surface area contributed by atoms with Crippen LogP contribution in [0.2, 0.25) is 0 Å². The molecule has 1 heterocycles. The Balaban J connectivity index is 2.09. The molecule has 0 amide bonds. The molecule has 6 heteroatoms. The summed E-state index contributed by atoms with van der Waals surface area (Å²) in [7, 11) is 1.43. The maximum absolute atomic E-state index is 12.9. The number of ketones is 1. The van der Waals surface area contributed by atoms with Crippen molar-refractivity contribution in [1.29, 1.82) is 5.26 Å². The van der Waals surface area contributed by atoms with E-state index in [1.165, 1.54) is 13.2 Å². The molecule has 5 nitrogen and oxygen atoms in total. The summed E-state index contributed by atoms with van der Waals surface area (Å²) in [6, 6.07) is 10.9. The average molecular weight is 411 g/mol. The normalized spacial score (nSPS) is 11.4. The lowest BCUT2D eigenvalue weighted by molar-refractivity contribution is 0.104. The summed E-state index contributed by atoms with van der Waals surface area (Å²) in [6.45, 7) is 1.92. The zero-order valence-corrected chi connectivity index (χ0v) is 15.7. The van der Waals surface area contributed by atoms with E-state index in [4.69, 9.17) is 4.74 Å². The lowest BCUT2D eigenvalue weighted by Gasteiger charge is -2.07. The second kappa shape index (κ2) is 7.06. The van der Waals surface area contributed by atoms with E-state index < -0.39 is 0 Å². The summed E-state index contributed by atoms with van der Waals surface area (Å²) >= 11 is 3.24. The predicted molar refractivity (Wildman–Crippen MR) is 103 cm³/mol. The molecule has 0 bridgehead atoms. The van der Waals surface area contributed by atoms with E-state index in [1.54, 1.807) is 18.3 Å². The van der Waals surface area contributed by atoms with Crippen molar-refractivity contribution in [3.8, 4) is 17.6 Å². The number of H-pyrrole nitrogens is 1. The number of nitrogens with zero attached hydrogens (tertiary/aromatic N) is 1. The van der Waals surface area contributed by atoms with Crippen LogP contribution in [-0.4, -0.2) is 23.0 Å². The molecular formula is C20H15BrN2O3. The standard InChI is InChI=1S/C20H15BrN2O3/c1-11-4-3-5-16-18(11)14(10-23-16)19(24)13(9-22)6-12-7-15(21)20(25)17(8-12)26-2/h3-8,10,23,25H,1-2H3. The number of carbonyl (C=O) groups excluding carboxylic acids is 1. The minimum atomic E-state index is -0.365. The number of fused-ring (bicyclic) bond motifs is 1. The molecule has 0 aliphatic rings. The van der Waals surface area contributed by atoms with Crippen LogP contribution in [0.1, 0.15) is 21.5 Å². The molecule has 1 aromatic heterocycles. The van der Waals surface area contributed by atoms with Crippen LogP contribution in [0.15, 0.2) is 46.6 Å². The number of aromatic amines is 1. The fourth-order valence-corrected chi connectivity index (χ4v) is 3.30. The summed E-state index contributed by atoms with van der Waals surface area (Å²) in [5.74, 6) is -0.156. The highest BCUT2D eigenvalue weighted by Gasteiger charge is 2.18. The summed E-state index contributed by atoms with van der Waals surface area (Å²) in [6.07, 6.45) is 3.10. The number of allylic oxidation sites excluding steroid dienone is 1. The Morgan fingerprint density at radius 1 is 1.38 bits per heavy atom. The molecule has 0 spiro atoms. The summed E-state index contributed by atoms with van der Waals surface area (Å²) in [5.41, 5.74) is 2.82. The molecule has 2 aromatic carbocycles. The Bertz CT molecular complexity index is 1090. The van der Waals surface area contributed by atoms with Gasteiger partial charge in [0.25, 0.3) is 0 Å². The molecular weight excluding hydrogens is 396 g/mol. The first-order valence-corrected chi connectivity index (χ1v) is 8.55. The number of nitriles is 1. The number of nitrogens with one attached hydrogen (secondary N) is 1. The molecule has 2 N–H and O–H groups in total. The van der Waals surface area contributed by atoms with Crippen molar-refractivity contribution >= 4 is 38.7 Å². The number of hydrogen-bond donors (Lipinski definition) is 2. The lowest BCUT2D eigenvalue weighted by atomic mass is 9.99. The second-order valence-electron chi connectivity index (χ2n) is 5.75. The number of phenolic OH excluding ortho intramolecular Hbond substituents is 1. The van der Waals surface area contributed by atoms with E-state index >= 15 is 0 Å². The van der Waals surface area contributed by atoms with E-state index in [1.807, 2.05) is 31.2 Å². The van der Waals surface area contributed by atoms with Gasteiger partial charge in [-0.15, -0.1) is 0 Å². The molecule has 0 atom stereocenters. The van der Waals surface area contributed by atoms with Gasteiger partial charge in [-0.25, -0.2) is 0 Å². The quantitative estimate of drug-likeness (QED) is 0.369. The third-order valence-electron chi connectivity index (χ3n) is 4.11. The van der Waals surface area contributed by atoms with Crippen LogP contribution >= 0.6 is 15.9 Å². The zero-order chi connectivity index (χ0) is 18.8. The van der Waals surface area contributed by atoms with Gasteiger partial charge in [-0.1, -0.05) is 12.1 Å². The third-order valence-corrected chi connectivity index (χ3v) is 4.71. The largest absolute Gasteiger partial charge is 0.503 e. The number of aromatic nitrogens is 1. The minimum Gasteiger partial charge on any atom is -0.503 e. The van der Waals surface area contributed by atoms with Gasteiger partial charge in [0, 0.05) is 22.7 Å². The Morgan fingerprint density at radius 3 is 2.85 bits per heavy atom. The Labute approximate surface area is 158 Å². The molecule has 3 aromatic rings. The van der Waals surface area contributed by atoms with Crippen LogP contribution in [-0.2, 0) is 0 Å². The first kappa shape index (κ1) is 17.8. The SMILES string of the molecule is COc1cc(C=C(C#N)C(=O)c2c[nH]c3cccc(C)c23)cc(Br)c1O. The molecule has 0 aliphatic carbocycles. The van der Waals surface area contributed by atoms with Crippen LogP contribution in [0.3, 0.4) is 0 Å². The van der Waals surface area contributed by atoms with Crippen molar-refractivity contribution in [1.82, 2.24) is 4.98 Å². The number of halogens is 1. The monoisotopic (exact) mass is 410 g/mol. The van der Waals surface area contributed by atoms with E-state index in [-0.39, 0.29) is 22.9 Å². The molecule has 0 aliphatic heterocycles. The maximum Gasteiger partial charge on any atom is 0.205 e. The predicted octanol–water partition coefficient (Wildman–Crippen LogP) is 4.74.